The normalized spacial score (nSPS) is 11.9. The minimum atomic E-state index is -0.515. The van der Waals surface area contributed by atoms with Crippen molar-refractivity contribution in [2.75, 3.05) is 6.54 Å². The summed E-state index contributed by atoms with van der Waals surface area (Å²) in [6.07, 6.45) is 10.7. The Bertz CT molecular complexity index is 267. The molecule has 0 saturated carbocycles. The quantitative estimate of drug-likeness (QED) is 0.452. The van der Waals surface area contributed by atoms with E-state index in [1.165, 1.54) is 38.5 Å². The zero-order valence-corrected chi connectivity index (χ0v) is 13.5. The molecule has 0 fully saturated rings. The smallest absolute Gasteiger partial charge is 0.309 e. The van der Waals surface area contributed by atoms with Crippen LogP contribution in [0, 0.1) is 0 Å². The maximum atomic E-state index is 11.5. The zero-order valence-electron chi connectivity index (χ0n) is 13.5. The Kier molecular flexibility index (Phi) is 12.3. The van der Waals surface area contributed by atoms with Crippen molar-refractivity contribution in [3.8, 4) is 0 Å². The van der Waals surface area contributed by atoms with Crippen molar-refractivity contribution in [2.45, 2.75) is 84.6 Å². The van der Waals surface area contributed by atoms with E-state index in [4.69, 9.17) is 0 Å². The molecule has 0 saturated heterocycles. The highest BCUT2D eigenvalue weighted by molar-refractivity contribution is 6.35. The summed E-state index contributed by atoms with van der Waals surface area (Å²) in [5.74, 6) is -1.02. The summed E-state index contributed by atoms with van der Waals surface area (Å²) in [7, 11) is 0. The molecule has 0 rings (SSSR count). The first-order valence-corrected chi connectivity index (χ1v) is 8.20. The Balaban J connectivity index is 3.41. The van der Waals surface area contributed by atoms with E-state index in [-0.39, 0.29) is 6.04 Å². The maximum absolute atomic E-state index is 11.5. The van der Waals surface area contributed by atoms with Crippen LogP contribution in [0.1, 0.15) is 78.6 Å². The average Bonchev–Trinajstić information content (AvgIpc) is 2.45. The summed E-state index contributed by atoms with van der Waals surface area (Å²) in [4.78, 5) is 22.9. The molecule has 0 spiro atoms. The third-order valence-corrected chi connectivity index (χ3v) is 3.51. The molecule has 0 aromatic rings. The molecule has 0 aromatic heterocycles. The molecule has 20 heavy (non-hydrogen) atoms. The van der Waals surface area contributed by atoms with Gasteiger partial charge in [0.1, 0.15) is 0 Å². The van der Waals surface area contributed by atoms with Crippen molar-refractivity contribution in [2.24, 2.45) is 0 Å². The number of rotatable bonds is 11. The van der Waals surface area contributed by atoms with Gasteiger partial charge in [0.25, 0.3) is 0 Å². The van der Waals surface area contributed by atoms with Gasteiger partial charge < -0.3 is 10.6 Å². The summed E-state index contributed by atoms with van der Waals surface area (Å²) < 4.78 is 0. The lowest BCUT2D eigenvalue weighted by molar-refractivity contribution is -0.139. The number of carbonyl (C=O) groups is 2. The van der Waals surface area contributed by atoms with Crippen molar-refractivity contribution < 1.29 is 9.59 Å². The molecule has 0 aliphatic heterocycles. The van der Waals surface area contributed by atoms with E-state index < -0.39 is 11.8 Å². The molecule has 0 unspecified atom stereocenters. The molecule has 2 amide bonds. The van der Waals surface area contributed by atoms with Crippen LogP contribution in [0.25, 0.3) is 0 Å². The molecule has 0 aliphatic carbocycles. The number of amides is 2. The van der Waals surface area contributed by atoms with Gasteiger partial charge in [-0.25, -0.2) is 0 Å². The molecule has 118 valence electrons. The van der Waals surface area contributed by atoms with Crippen LogP contribution in [0.5, 0.6) is 0 Å². The lowest BCUT2D eigenvalue weighted by atomic mass is 10.1. The van der Waals surface area contributed by atoms with Crippen molar-refractivity contribution in [1.29, 1.82) is 0 Å². The van der Waals surface area contributed by atoms with Gasteiger partial charge >= 0.3 is 11.8 Å². The second-order valence-corrected chi connectivity index (χ2v) is 5.51. The predicted octanol–water partition coefficient (Wildman–Crippen LogP) is 3.16. The summed E-state index contributed by atoms with van der Waals surface area (Å²) >= 11 is 0. The van der Waals surface area contributed by atoms with Gasteiger partial charge in [-0.1, -0.05) is 58.8 Å². The minimum Gasteiger partial charge on any atom is -0.348 e. The van der Waals surface area contributed by atoms with Gasteiger partial charge in [-0.3, -0.25) is 9.59 Å². The Labute approximate surface area is 124 Å². The molecule has 2 N–H and O–H groups in total. The van der Waals surface area contributed by atoms with Crippen LogP contribution >= 0.6 is 0 Å². The summed E-state index contributed by atoms with van der Waals surface area (Å²) in [5, 5.41) is 5.33. The van der Waals surface area contributed by atoms with E-state index in [9.17, 15) is 9.59 Å². The van der Waals surface area contributed by atoms with Gasteiger partial charge in [0.05, 0.1) is 0 Å². The number of unbranched alkanes of at least 4 members (excludes halogenated alkanes) is 7. The Hall–Kier alpha value is -1.06. The summed E-state index contributed by atoms with van der Waals surface area (Å²) in [6, 6.07) is 0.0522. The fourth-order valence-electron chi connectivity index (χ4n) is 1.93. The van der Waals surface area contributed by atoms with Crippen LogP contribution < -0.4 is 10.6 Å². The van der Waals surface area contributed by atoms with E-state index in [1.54, 1.807) is 0 Å². The number of hydrogen-bond donors (Lipinski definition) is 2. The number of hydrogen-bond acceptors (Lipinski definition) is 2. The fraction of sp³-hybridized carbons (Fsp3) is 0.875. The Morgan fingerprint density at radius 3 is 1.95 bits per heavy atom. The molecule has 4 nitrogen and oxygen atoms in total. The second kappa shape index (κ2) is 12.9. The third kappa shape index (κ3) is 10.8. The van der Waals surface area contributed by atoms with Gasteiger partial charge in [-0.15, -0.1) is 0 Å². The SMILES string of the molecule is CCCCCCCCCCNC(=O)C(=O)N[C@H](C)CC. The largest absolute Gasteiger partial charge is 0.348 e. The molecular weight excluding hydrogens is 252 g/mol. The third-order valence-electron chi connectivity index (χ3n) is 3.51. The molecule has 0 aliphatic rings. The van der Waals surface area contributed by atoms with E-state index in [1.807, 2.05) is 13.8 Å². The van der Waals surface area contributed by atoms with E-state index in [2.05, 4.69) is 17.6 Å². The molecule has 1 atom stereocenters. The monoisotopic (exact) mass is 284 g/mol. The molecule has 0 bridgehead atoms. The topological polar surface area (TPSA) is 58.2 Å². The first kappa shape index (κ1) is 18.9. The van der Waals surface area contributed by atoms with Gasteiger partial charge in [-0.2, -0.15) is 0 Å². The number of carbonyl (C=O) groups excluding carboxylic acids is 2. The van der Waals surface area contributed by atoms with Gasteiger partial charge in [0.15, 0.2) is 0 Å². The van der Waals surface area contributed by atoms with Crippen LogP contribution in [0.4, 0.5) is 0 Å². The fourth-order valence-corrected chi connectivity index (χ4v) is 1.93. The van der Waals surface area contributed by atoms with Crippen molar-refractivity contribution in [3.05, 3.63) is 0 Å². The summed E-state index contributed by atoms with van der Waals surface area (Å²) in [5.41, 5.74) is 0. The first-order chi connectivity index (χ1) is 9.61. The Morgan fingerprint density at radius 2 is 1.40 bits per heavy atom. The maximum Gasteiger partial charge on any atom is 0.309 e. The lowest BCUT2D eigenvalue weighted by Crippen LogP contribution is -2.43. The van der Waals surface area contributed by atoms with Crippen molar-refractivity contribution in [1.82, 2.24) is 10.6 Å². The molecular formula is C16H32N2O2. The van der Waals surface area contributed by atoms with Crippen LogP contribution in [-0.4, -0.2) is 24.4 Å². The van der Waals surface area contributed by atoms with Crippen LogP contribution in [0.3, 0.4) is 0 Å². The van der Waals surface area contributed by atoms with Gasteiger partial charge in [0, 0.05) is 12.6 Å². The minimum absolute atomic E-state index is 0.0522. The second-order valence-electron chi connectivity index (χ2n) is 5.51. The standard InChI is InChI=1S/C16H32N2O2/c1-4-6-7-8-9-10-11-12-13-17-15(19)16(20)18-14(3)5-2/h14H,4-13H2,1-3H3,(H,17,19)(H,18,20)/t14-/m1/s1. The van der Waals surface area contributed by atoms with Crippen LogP contribution in [-0.2, 0) is 9.59 Å². The van der Waals surface area contributed by atoms with E-state index >= 15 is 0 Å². The summed E-state index contributed by atoms with van der Waals surface area (Å²) in [6.45, 7) is 6.69. The highest BCUT2D eigenvalue weighted by Crippen LogP contribution is 2.07. The van der Waals surface area contributed by atoms with Crippen molar-refractivity contribution in [3.63, 3.8) is 0 Å². The highest BCUT2D eigenvalue weighted by Gasteiger charge is 2.14. The van der Waals surface area contributed by atoms with Crippen LogP contribution in [0.15, 0.2) is 0 Å². The molecule has 0 radical (unpaired) electrons. The molecule has 4 heteroatoms. The zero-order chi connectivity index (χ0) is 15.2. The molecule has 0 heterocycles. The lowest BCUT2D eigenvalue weighted by Gasteiger charge is -2.11. The van der Waals surface area contributed by atoms with Gasteiger partial charge in [-0.05, 0) is 19.8 Å². The van der Waals surface area contributed by atoms with Crippen LogP contribution in [0.2, 0.25) is 0 Å². The average molecular weight is 284 g/mol. The molecule has 0 aromatic carbocycles. The van der Waals surface area contributed by atoms with E-state index in [0.717, 1.165) is 19.3 Å². The highest BCUT2D eigenvalue weighted by atomic mass is 16.2. The van der Waals surface area contributed by atoms with E-state index in [0.29, 0.717) is 6.54 Å². The van der Waals surface area contributed by atoms with Crippen molar-refractivity contribution >= 4 is 11.8 Å². The number of nitrogens with one attached hydrogen (secondary N) is 2. The first-order valence-electron chi connectivity index (χ1n) is 8.20. The Morgan fingerprint density at radius 1 is 0.850 bits per heavy atom. The van der Waals surface area contributed by atoms with Gasteiger partial charge in [0.2, 0.25) is 0 Å². The predicted molar refractivity (Wildman–Crippen MR) is 83.5 cm³/mol.